The molecule has 6 rings (SSSR count). The number of aryl methyl sites for hydroxylation is 1. The zero-order valence-corrected chi connectivity index (χ0v) is 41.3. The number of amides is 1. The highest BCUT2D eigenvalue weighted by Crippen LogP contribution is 2.62. The normalized spacial score (nSPS) is 24.7. The molecule has 1 aromatic carbocycles. The van der Waals surface area contributed by atoms with Gasteiger partial charge in [-0.05, 0) is 99.6 Å². The number of rotatable bonds is 32. The van der Waals surface area contributed by atoms with E-state index < -0.39 is 24.0 Å². The number of ether oxygens (including phenoxy) is 5. The Kier molecular flexibility index (Phi) is 22.6. The van der Waals surface area contributed by atoms with Crippen molar-refractivity contribution < 1.29 is 48.6 Å². The number of oxime groups is 1. The zero-order valence-electron chi connectivity index (χ0n) is 41.3. The van der Waals surface area contributed by atoms with Crippen molar-refractivity contribution in [3.8, 4) is 11.5 Å². The number of nitrogens with zero attached hydrogens (tertiary/aromatic N) is 3. The van der Waals surface area contributed by atoms with Gasteiger partial charge in [0.05, 0.1) is 50.4 Å². The van der Waals surface area contributed by atoms with E-state index in [1.54, 1.807) is 6.08 Å². The molecular weight excluding hydrogens is 863 g/mol. The van der Waals surface area contributed by atoms with E-state index in [0.717, 1.165) is 92.4 Å². The molecule has 3 heterocycles. The Bertz CT molecular complexity index is 1890. The van der Waals surface area contributed by atoms with E-state index in [-0.39, 0.29) is 69.8 Å². The second kappa shape index (κ2) is 28.7. The predicted octanol–water partition coefficient (Wildman–Crippen LogP) is 9.89. The number of pyridine rings is 1. The standard InChI is InChI=1S/C55H83N3O10/c1-4-6-7-8-9-10-11-12-13-25-51(62)58(29-35-63-36-32-61)50-39-48(57-68-52-26-16-19-34-64-52)46-37-42(22-14-17-30-59)45(24-15-18-31-60)53-47-38-44(65-40-43-23-20-21-41(3)56-43)27-28-49(47)67-55(50,54(46)53)66-33-5-2/h5,20-21,23,27-28,37-38,42,45,50,52-54,59-61H,2,4,6-19,22,24-26,29-36,39-40H2,1,3H3. The average molecular weight is 946 g/mol. The molecular formula is C55H83N3O10. The van der Waals surface area contributed by atoms with Crippen molar-refractivity contribution in [1.82, 2.24) is 9.88 Å². The van der Waals surface area contributed by atoms with Gasteiger partial charge < -0.3 is 48.7 Å². The molecule has 13 heteroatoms. The summed E-state index contributed by atoms with van der Waals surface area (Å²) >= 11 is 0. The minimum atomic E-state index is -1.39. The van der Waals surface area contributed by atoms with Crippen LogP contribution in [-0.4, -0.2) is 108 Å². The van der Waals surface area contributed by atoms with Crippen molar-refractivity contribution in [2.45, 2.75) is 173 Å². The molecule has 0 radical (unpaired) electrons. The number of aliphatic hydroxyl groups excluding tert-OH is 3. The molecule has 2 aromatic rings. The Hall–Kier alpha value is -3.85. The van der Waals surface area contributed by atoms with Crippen LogP contribution in [0.4, 0.5) is 0 Å². The number of carbonyl (C=O) groups is 1. The first-order chi connectivity index (χ1) is 33.4. The van der Waals surface area contributed by atoms with Crippen LogP contribution in [0.1, 0.15) is 158 Å². The van der Waals surface area contributed by atoms with E-state index in [0.29, 0.717) is 50.4 Å². The predicted molar refractivity (Wildman–Crippen MR) is 264 cm³/mol. The Morgan fingerprint density at radius 3 is 2.44 bits per heavy atom. The fraction of sp³-hybridized carbons (Fsp3) is 0.691. The smallest absolute Gasteiger partial charge is 0.239 e. The first-order valence-electron chi connectivity index (χ1n) is 26.3. The number of aliphatic hydroxyl groups is 3. The lowest BCUT2D eigenvalue weighted by Crippen LogP contribution is -2.70. The highest BCUT2D eigenvalue weighted by molar-refractivity contribution is 6.03. The van der Waals surface area contributed by atoms with Gasteiger partial charge >= 0.3 is 0 Å². The second-order valence-corrected chi connectivity index (χ2v) is 19.2. The molecule has 2 aliphatic heterocycles. The van der Waals surface area contributed by atoms with Gasteiger partial charge in [-0.3, -0.25) is 9.78 Å². The number of aromatic nitrogens is 1. The SMILES string of the molecule is C=CCOC12Oc3ccc(OCc4cccc(C)n4)cc3C3C(CCCCO)C(CCCCO)C=C(C(=NOC4CCCCO4)CC1N(CCOCCO)C(=O)CCCCCCCCCCC)C32. The monoisotopic (exact) mass is 946 g/mol. The van der Waals surface area contributed by atoms with E-state index >= 15 is 4.79 Å². The maximum atomic E-state index is 15.0. The van der Waals surface area contributed by atoms with E-state index in [1.165, 1.54) is 38.5 Å². The third kappa shape index (κ3) is 14.6. The fourth-order valence-corrected chi connectivity index (χ4v) is 11.0. The van der Waals surface area contributed by atoms with Gasteiger partial charge in [-0.1, -0.05) is 94.5 Å². The molecule has 2 aliphatic carbocycles. The van der Waals surface area contributed by atoms with Crippen LogP contribution in [0.5, 0.6) is 11.5 Å². The van der Waals surface area contributed by atoms with Gasteiger partial charge in [-0.15, -0.1) is 6.58 Å². The van der Waals surface area contributed by atoms with Gasteiger partial charge in [0.25, 0.3) is 0 Å². The minimum absolute atomic E-state index is 0.00734. The highest BCUT2D eigenvalue weighted by atomic mass is 16.8. The molecule has 378 valence electrons. The zero-order chi connectivity index (χ0) is 48.0. The topological polar surface area (TPSA) is 162 Å². The summed E-state index contributed by atoms with van der Waals surface area (Å²) in [6.07, 6.45) is 21.9. The molecule has 7 atom stereocenters. The van der Waals surface area contributed by atoms with Crippen LogP contribution in [0, 0.1) is 24.7 Å². The maximum absolute atomic E-state index is 15.0. The lowest BCUT2D eigenvalue weighted by Gasteiger charge is -2.60. The van der Waals surface area contributed by atoms with Crippen molar-refractivity contribution in [2.24, 2.45) is 22.9 Å². The van der Waals surface area contributed by atoms with Crippen LogP contribution < -0.4 is 9.47 Å². The third-order valence-electron chi connectivity index (χ3n) is 14.3. The number of hydrogen-bond donors (Lipinski definition) is 3. The minimum Gasteiger partial charge on any atom is -0.487 e. The maximum Gasteiger partial charge on any atom is 0.239 e. The number of fused-ring (bicyclic) bond motifs is 2. The van der Waals surface area contributed by atoms with Crippen molar-refractivity contribution in [3.63, 3.8) is 0 Å². The largest absolute Gasteiger partial charge is 0.487 e. The first-order valence-corrected chi connectivity index (χ1v) is 26.3. The average Bonchev–Trinajstić information content (AvgIpc) is 3.35. The molecule has 1 saturated carbocycles. The van der Waals surface area contributed by atoms with Crippen LogP contribution in [-0.2, 0) is 30.4 Å². The lowest BCUT2D eigenvalue weighted by molar-refractivity contribution is -0.258. The molecule has 1 amide bonds. The lowest BCUT2D eigenvalue weighted by atomic mass is 9.55. The van der Waals surface area contributed by atoms with Gasteiger partial charge in [0.1, 0.15) is 24.1 Å². The van der Waals surface area contributed by atoms with Crippen LogP contribution in [0.3, 0.4) is 0 Å². The summed E-state index contributed by atoms with van der Waals surface area (Å²) in [7, 11) is 0. The molecule has 4 aliphatic rings. The van der Waals surface area contributed by atoms with E-state index in [2.05, 4.69) is 30.6 Å². The van der Waals surface area contributed by atoms with Crippen LogP contribution >= 0.6 is 0 Å². The fourth-order valence-electron chi connectivity index (χ4n) is 11.0. The Balaban J connectivity index is 1.47. The molecule has 13 nitrogen and oxygen atoms in total. The molecule has 3 N–H and O–H groups in total. The first kappa shape index (κ1) is 53.5. The molecule has 0 bridgehead atoms. The van der Waals surface area contributed by atoms with Gasteiger partial charge in [-0.25, -0.2) is 0 Å². The summed E-state index contributed by atoms with van der Waals surface area (Å²) in [4.78, 5) is 28.0. The number of allylic oxidation sites excluding steroid dienone is 1. The van der Waals surface area contributed by atoms with Gasteiger partial charge in [0.2, 0.25) is 18.0 Å². The molecule has 0 spiro atoms. The van der Waals surface area contributed by atoms with Gasteiger partial charge in [-0.2, -0.15) is 0 Å². The van der Waals surface area contributed by atoms with Gasteiger partial charge in [0, 0.05) is 56.2 Å². The second-order valence-electron chi connectivity index (χ2n) is 19.2. The van der Waals surface area contributed by atoms with Crippen LogP contribution in [0.2, 0.25) is 0 Å². The Labute approximate surface area is 406 Å². The molecule has 1 saturated heterocycles. The number of benzene rings is 1. The summed E-state index contributed by atoms with van der Waals surface area (Å²) in [6.45, 7) is 10.1. The van der Waals surface area contributed by atoms with Crippen molar-refractivity contribution >= 4 is 11.6 Å². The third-order valence-corrected chi connectivity index (χ3v) is 14.3. The van der Waals surface area contributed by atoms with Crippen molar-refractivity contribution in [2.75, 3.05) is 52.8 Å². The Morgan fingerprint density at radius 2 is 1.72 bits per heavy atom. The summed E-state index contributed by atoms with van der Waals surface area (Å²) < 4.78 is 33.1. The molecule has 7 unspecified atom stereocenters. The highest BCUT2D eigenvalue weighted by Gasteiger charge is 2.65. The summed E-state index contributed by atoms with van der Waals surface area (Å²) in [5.74, 6) is -0.528. The van der Waals surface area contributed by atoms with Crippen molar-refractivity contribution in [3.05, 3.63) is 77.7 Å². The summed E-state index contributed by atoms with van der Waals surface area (Å²) in [5.41, 5.74) is 4.45. The number of unbranched alkanes of at least 4 members (excludes halogenated alkanes) is 10. The molecule has 68 heavy (non-hydrogen) atoms. The van der Waals surface area contributed by atoms with Crippen LogP contribution in [0.25, 0.3) is 0 Å². The van der Waals surface area contributed by atoms with Crippen molar-refractivity contribution in [1.29, 1.82) is 0 Å². The van der Waals surface area contributed by atoms with E-state index in [9.17, 15) is 15.3 Å². The number of hydrogen-bond acceptors (Lipinski definition) is 12. The Morgan fingerprint density at radius 1 is 0.941 bits per heavy atom. The quantitative estimate of drug-likeness (QED) is 0.0364. The van der Waals surface area contributed by atoms with Crippen LogP contribution in [0.15, 0.2) is 65.9 Å². The number of carbonyl (C=O) groups excluding carboxylic acids is 1. The summed E-state index contributed by atoms with van der Waals surface area (Å²) in [6, 6.07) is 11.3. The summed E-state index contributed by atoms with van der Waals surface area (Å²) in [5, 5.41) is 34.8. The van der Waals surface area contributed by atoms with E-state index in [4.69, 9.17) is 33.7 Å². The van der Waals surface area contributed by atoms with Gasteiger partial charge in [0.15, 0.2) is 0 Å². The molecule has 1 aromatic heterocycles. The molecule has 2 fully saturated rings. The van der Waals surface area contributed by atoms with E-state index in [1.807, 2.05) is 42.2 Å².